The van der Waals surface area contributed by atoms with E-state index in [2.05, 4.69) is 11.9 Å². The third-order valence-corrected chi connectivity index (χ3v) is 2.28. The molecule has 20 heavy (non-hydrogen) atoms. The topological polar surface area (TPSA) is 64.6 Å². The lowest BCUT2D eigenvalue weighted by Crippen LogP contribution is -2.39. The van der Waals surface area contributed by atoms with Gasteiger partial charge in [-0.3, -0.25) is 0 Å². The highest BCUT2D eigenvalue weighted by Gasteiger charge is 2.20. The van der Waals surface area contributed by atoms with Gasteiger partial charge in [0.25, 0.3) is 0 Å². The van der Waals surface area contributed by atoms with Gasteiger partial charge in [-0.1, -0.05) is 6.08 Å². The Morgan fingerprint density at radius 1 is 1.35 bits per heavy atom. The van der Waals surface area contributed by atoms with Gasteiger partial charge < -0.3 is 14.8 Å². The highest BCUT2D eigenvalue weighted by Crippen LogP contribution is 2.11. The van der Waals surface area contributed by atoms with Crippen LogP contribution in [0.15, 0.2) is 24.3 Å². The second kappa shape index (κ2) is 8.40. The van der Waals surface area contributed by atoms with Crippen LogP contribution in [-0.2, 0) is 14.3 Å². The van der Waals surface area contributed by atoms with Crippen molar-refractivity contribution in [1.82, 2.24) is 5.32 Å². The van der Waals surface area contributed by atoms with Crippen molar-refractivity contribution in [2.75, 3.05) is 6.61 Å². The van der Waals surface area contributed by atoms with Crippen molar-refractivity contribution in [2.45, 2.75) is 52.7 Å². The first-order valence-electron chi connectivity index (χ1n) is 6.65. The summed E-state index contributed by atoms with van der Waals surface area (Å²) in [4.78, 5) is 23.2. The zero-order chi connectivity index (χ0) is 15.8. The Hall–Kier alpha value is -1.78. The van der Waals surface area contributed by atoms with Crippen molar-refractivity contribution in [1.29, 1.82) is 0 Å². The fourth-order valence-electron chi connectivity index (χ4n) is 1.45. The first-order valence-corrected chi connectivity index (χ1v) is 6.65. The van der Waals surface area contributed by atoms with Crippen molar-refractivity contribution in [3.8, 4) is 0 Å². The molecule has 0 fully saturated rings. The summed E-state index contributed by atoms with van der Waals surface area (Å²) < 4.78 is 10.0. The first-order chi connectivity index (χ1) is 9.19. The van der Waals surface area contributed by atoms with Crippen LogP contribution in [0.5, 0.6) is 0 Å². The molecule has 0 aromatic carbocycles. The van der Waals surface area contributed by atoms with Crippen LogP contribution in [0.1, 0.15) is 41.0 Å². The van der Waals surface area contributed by atoms with E-state index in [9.17, 15) is 9.59 Å². The predicted octanol–water partition coefficient (Wildman–Crippen LogP) is 2.97. The minimum atomic E-state index is -0.568. The van der Waals surface area contributed by atoms with Crippen LogP contribution in [0, 0.1) is 0 Å². The van der Waals surface area contributed by atoms with E-state index in [4.69, 9.17) is 9.47 Å². The van der Waals surface area contributed by atoms with Crippen LogP contribution in [0.25, 0.3) is 0 Å². The van der Waals surface area contributed by atoms with Crippen LogP contribution in [0.4, 0.5) is 4.79 Å². The third kappa shape index (κ3) is 8.34. The molecule has 0 bridgehead atoms. The number of amides is 1. The molecule has 114 valence electrons. The van der Waals surface area contributed by atoms with Gasteiger partial charge in [0.2, 0.25) is 0 Å². The van der Waals surface area contributed by atoms with Crippen LogP contribution >= 0.6 is 0 Å². The Morgan fingerprint density at radius 3 is 2.40 bits per heavy atom. The van der Waals surface area contributed by atoms with Crippen molar-refractivity contribution < 1.29 is 19.1 Å². The maximum absolute atomic E-state index is 11.7. The summed E-state index contributed by atoms with van der Waals surface area (Å²) in [7, 11) is 0. The zero-order valence-corrected chi connectivity index (χ0v) is 13.0. The van der Waals surface area contributed by atoms with Gasteiger partial charge in [-0.15, -0.1) is 6.58 Å². The number of alkyl carbamates (subject to hydrolysis) is 1. The Morgan fingerprint density at radius 2 is 1.95 bits per heavy atom. The molecule has 5 heteroatoms. The minimum absolute atomic E-state index is 0.314. The largest absolute Gasteiger partial charge is 0.463 e. The molecule has 0 unspecified atom stereocenters. The summed E-state index contributed by atoms with van der Waals surface area (Å²) in [6.07, 6.45) is 3.02. The zero-order valence-electron chi connectivity index (χ0n) is 13.0. The molecular weight excluding hydrogens is 258 g/mol. The second-order valence-corrected chi connectivity index (χ2v) is 5.36. The number of carbonyl (C=O) groups excluding carboxylic acids is 2. The van der Waals surface area contributed by atoms with E-state index in [1.165, 1.54) is 6.08 Å². The maximum atomic E-state index is 11.7. The molecule has 1 N–H and O–H groups in total. The molecule has 0 heterocycles. The fourth-order valence-corrected chi connectivity index (χ4v) is 1.45. The molecule has 5 nitrogen and oxygen atoms in total. The molecule has 0 saturated heterocycles. The standard InChI is InChI=1S/C15H25NO4/c1-7-9-12(11(3)10-13(17)19-8-2)16-14(18)20-15(4,5)6/h7,10,12H,1,8-9H2,2-6H3,(H,16,18)/t12-/m0/s1. The molecule has 0 aliphatic heterocycles. The van der Waals surface area contributed by atoms with Crippen LogP contribution in [-0.4, -0.2) is 30.3 Å². The molecule has 0 aliphatic carbocycles. The number of hydrogen-bond acceptors (Lipinski definition) is 4. The summed E-state index contributed by atoms with van der Waals surface area (Å²) >= 11 is 0. The minimum Gasteiger partial charge on any atom is -0.463 e. The van der Waals surface area contributed by atoms with Crippen molar-refractivity contribution >= 4 is 12.1 Å². The lowest BCUT2D eigenvalue weighted by atomic mass is 10.1. The Bertz CT molecular complexity index is 380. The number of ether oxygens (including phenoxy) is 2. The normalized spacial score (nSPS) is 13.3. The molecular formula is C15H25NO4. The monoisotopic (exact) mass is 283 g/mol. The highest BCUT2D eigenvalue weighted by molar-refractivity contribution is 5.83. The molecule has 0 rings (SSSR count). The molecule has 1 amide bonds. The van der Waals surface area contributed by atoms with E-state index < -0.39 is 17.7 Å². The average molecular weight is 283 g/mol. The van der Waals surface area contributed by atoms with Crippen LogP contribution < -0.4 is 5.32 Å². The molecule has 0 saturated carbocycles. The van der Waals surface area contributed by atoms with Gasteiger partial charge in [0.1, 0.15) is 5.60 Å². The smallest absolute Gasteiger partial charge is 0.408 e. The summed E-state index contributed by atoms with van der Waals surface area (Å²) in [6.45, 7) is 12.8. The molecule has 0 radical (unpaired) electrons. The quantitative estimate of drug-likeness (QED) is 0.462. The van der Waals surface area contributed by atoms with E-state index in [0.29, 0.717) is 18.6 Å². The molecule has 1 atom stereocenters. The molecule has 0 aromatic heterocycles. The summed E-state index contributed by atoms with van der Waals surface area (Å²) in [5.41, 5.74) is 0.121. The predicted molar refractivity (Wildman–Crippen MR) is 78.4 cm³/mol. The van der Waals surface area contributed by atoms with E-state index in [1.807, 2.05) is 0 Å². The first kappa shape index (κ1) is 18.2. The Balaban J connectivity index is 4.75. The third-order valence-electron chi connectivity index (χ3n) is 2.28. The van der Waals surface area contributed by atoms with Crippen molar-refractivity contribution in [3.05, 3.63) is 24.3 Å². The summed E-state index contributed by atoms with van der Waals surface area (Å²) in [5, 5.41) is 2.71. The summed E-state index contributed by atoms with van der Waals surface area (Å²) in [6, 6.07) is -0.341. The molecule has 0 spiro atoms. The number of nitrogens with one attached hydrogen (secondary N) is 1. The van der Waals surface area contributed by atoms with Gasteiger partial charge in [0.05, 0.1) is 12.6 Å². The van der Waals surface area contributed by atoms with Gasteiger partial charge in [-0.25, -0.2) is 9.59 Å². The average Bonchev–Trinajstić information content (AvgIpc) is 2.25. The highest BCUT2D eigenvalue weighted by atomic mass is 16.6. The van der Waals surface area contributed by atoms with E-state index in [1.54, 1.807) is 40.7 Å². The van der Waals surface area contributed by atoms with Gasteiger partial charge in [-0.2, -0.15) is 0 Å². The number of esters is 1. The fraction of sp³-hybridized carbons (Fsp3) is 0.600. The lowest BCUT2D eigenvalue weighted by molar-refractivity contribution is -0.137. The van der Waals surface area contributed by atoms with Gasteiger partial charge in [0.15, 0.2) is 0 Å². The van der Waals surface area contributed by atoms with Gasteiger partial charge >= 0.3 is 12.1 Å². The van der Waals surface area contributed by atoms with Gasteiger partial charge in [-0.05, 0) is 46.6 Å². The number of hydrogen-bond donors (Lipinski definition) is 1. The van der Waals surface area contributed by atoms with Crippen LogP contribution in [0.3, 0.4) is 0 Å². The lowest BCUT2D eigenvalue weighted by Gasteiger charge is -2.23. The van der Waals surface area contributed by atoms with Crippen molar-refractivity contribution in [2.24, 2.45) is 0 Å². The SMILES string of the molecule is C=CC[C@H](NC(=O)OC(C)(C)C)C(C)=CC(=O)OCC. The second-order valence-electron chi connectivity index (χ2n) is 5.36. The van der Waals surface area contributed by atoms with E-state index >= 15 is 0 Å². The van der Waals surface area contributed by atoms with E-state index in [0.717, 1.165) is 0 Å². The molecule has 0 aromatic rings. The van der Waals surface area contributed by atoms with Gasteiger partial charge in [0, 0.05) is 6.08 Å². The van der Waals surface area contributed by atoms with Crippen molar-refractivity contribution in [3.63, 3.8) is 0 Å². The molecule has 0 aliphatic rings. The maximum Gasteiger partial charge on any atom is 0.408 e. The Labute approximate surface area is 121 Å². The van der Waals surface area contributed by atoms with Crippen LogP contribution in [0.2, 0.25) is 0 Å². The number of rotatable bonds is 6. The summed E-state index contributed by atoms with van der Waals surface area (Å²) in [5.74, 6) is -0.426. The Kier molecular flexibility index (Phi) is 7.65. The number of carbonyl (C=O) groups is 2. The van der Waals surface area contributed by atoms with E-state index in [-0.39, 0.29) is 6.04 Å².